The van der Waals surface area contributed by atoms with Crippen molar-refractivity contribution in [2.45, 2.75) is 89.8 Å². The lowest BCUT2D eigenvalue weighted by Crippen LogP contribution is -2.60. The Morgan fingerprint density at radius 1 is 0.906 bits per heavy atom. The highest BCUT2D eigenvalue weighted by atomic mass is 35.5. The van der Waals surface area contributed by atoms with Crippen LogP contribution >= 0.6 is 24.8 Å². The molecule has 0 aromatic carbocycles. The van der Waals surface area contributed by atoms with E-state index in [1.165, 1.54) is 11.3 Å². The highest BCUT2D eigenvalue weighted by Gasteiger charge is 2.37. The van der Waals surface area contributed by atoms with Gasteiger partial charge >= 0.3 is 0 Å². The Morgan fingerprint density at radius 2 is 1.34 bits per heavy atom. The maximum Gasteiger partial charge on any atom is 0.244 e. The molecule has 0 aromatic rings. The summed E-state index contributed by atoms with van der Waals surface area (Å²) in [6.45, 7) is 5.02. The van der Waals surface area contributed by atoms with Crippen molar-refractivity contribution in [3.8, 4) is 0 Å². The number of nitrogens with zero attached hydrogens (tertiary/aromatic N) is 1. The molecule has 188 valence electrons. The molecule has 0 aliphatic heterocycles. The molecule has 8 nitrogen and oxygen atoms in total. The summed E-state index contributed by atoms with van der Waals surface area (Å²) in [6.07, 6.45) is 9.73. The van der Waals surface area contributed by atoms with Crippen LogP contribution < -0.4 is 16.4 Å². The van der Waals surface area contributed by atoms with E-state index in [1.54, 1.807) is 0 Å². The average molecular weight is 498 g/mol. The summed E-state index contributed by atoms with van der Waals surface area (Å²) in [4.78, 5) is 50.5. The third-order valence-corrected chi connectivity index (χ3v) is 5.85. The number of carbonyl (C=O) groups excluding carboxylic acids is 4. The van der Waals surface area contributed by atoms with Gasteiger partial charge in [-0.2, -0.15) is 0 Å². The molecule has 0 saturated heterocycles. The second-order valence-corrected chi connectivity index (χ2v) is 8.21. The molecule has 1 rings (SSSR count). The van der Waals surface area contributed by atoms with E-state index in [9.17, 15) is 19.2 Å². The van der Waals surface area contributed by atoms with Crippen molar-refractivity contribution in [2.75, 3.05) is 19.6 Å². The Bertz CT molecular complexity index is 514. The summed E-state index contributed by atoms with van der Waals surface area (Å²) in [5.74, 6) is -0.739. The Labute approximate surface area is 205 Å². The van der Waals surface area contributed by atoms with Crippen molar-refractivity contribution in [1.29, 1.82) is 0 Å². The van der Waals surface area contributed by atoms with Crippen molar-refractivity contribution in [3.05, 3.63) is 0 Å². The Morgan fingerprint density at radius 3 is 1.72 bits per heavy atom. The number of rotatable bonds is 15. The summed E-state index contributed by atoms with van der Waals surface area (Å²) in [6, 6.07) is -2.78. The van der Waals surface area contributed by atoms with Gasteiger partial charge in [0.1, 0.15) is 24.7 Å². The normalized spacial score (nSPS) is 16.6. The van der Waals surface area contributed by atoms with Crippen molar-refractivity contribution >= 4 is 49.2 Å². The number of amides is 2. The molecule has 2 amide bonds. The molecule has 3 atom stereocenters. The predicted molar refractivity (Wildman–Crippen MR) is 131 cm³/mol. The summed E-state index contributed by atoms with van der Waals surface area (Å²) < 4.78 is 0. The van der Waals surface area contributed by atoms with Crippen LogP contribution in [0.15, 0.2) is 0 Å². The number of nitrogens with one attached hydrogen (secondary N) is 2. The highest BCUT2D eigenvalue weighted by molar-refractivity contribution is 6.00. The minimum absolute atomic E-state index is 0. The second-order valence-electron chi connectivity index (χ2n) is 8.21. The van der Waals surface area contributed by atoms with E-state index in [1.807, 2.05) is 13.8 Å². The monoisotopic (exact) mass is 496 g/mol. The molecule has 4 N–H and O–H groups in total. The van der Waals surface area contributed by atoms with Gasteiger partial charge < -0.3 is 26.0 Å². The molecule has 0 heterocycles. The van der Waals surface area contributed by atoms with E-state index in [0.29, 0.717) is 25.7 Å². The van der Waals surface area contributed by atoms with E-state index in [0.717, 1.165) is 51.4 Å². The van der Waals surface area contributed by atoms with Gasteiger partial charge in [0.25, 0.3) is 0 Å². The van der Waals surface area contributed by atoms with E-state index in [2.05, 4.69) is 10.6 Å². The average Bonchev–Trinajstić information content (AvgIpc) is 2.75. The first kappa shape index (κ1) is 33.0. The van der Waals surface area contributed by atoms with Gasteiger partial charge in [0.05, 0.1) is 0 Å². The molecule has 32 heavy (non-hydrogen) atoms. The first-order valence-corrected chi connectivity index (χ1v) is 11.5. The number of aldehydes is 2. The first-order valence-electron chi connectivity index (χ1n) is 11.5. The van der Waals surface area contributed by atoms with Gasteiger partial charge in [0.15, 0.2) is 0 Å². The van der Waals surface area contributed by atoms with Crippen LogP contribution in [0.2, 0.25) is 0 Å². The Kier molecular flexibility index (Phi) is 19.8. The Hall–Kier alpha value is -1.22. The lowest BCUT2D eigenvalue weighted by Gasteiger charge is -2.36. The quantitative estimate of drug-likeness (QED) is 0.181. The summed E-state index contributed by atoms with van der Waals surface area (Å²) in [5, 5.41) is 5.48. The fourth-order valence-corrected chi connectivity index (χ4v) is 3.92. The zero-order valence-corrected chi connectivity index (χ0v) is 21.1. The van der Waals surface area contributed by atoms with Crippen molar-refractivity contribution < 1.29 is 19.2 Å². The molecule has 0 spiro atoms. The van der Waals surface area contributed by atoms with Crippen LogP contribution in [0.5, 0.6) is 0 Å². The van der Waals surface area contributed by atoms with Crippen LogP contribution in [0.1, 0.15) is 71.6 Å². The van der Waals surface area contributed by atoms with Gasteiger partial charge in [-0.1, -0.05) is 46.0 Å². The third kappa shape index (κ3) is 11.1. The van der Waals surface area contributed by atoms with Gasteiger partial charge in [-0.3, -0.25) is 14.5 Å². The zero-order chi connectivity index (χ0) is 22.4. The number of nitrogens with two attached hydrogens (primary N) is 1. The maximum absolute atomic E-state index is 12.7. The number of unbranched alkanes of at least 4 members (excludes halogenated alkanes) is 2. The predicted octanol–water partition coefficient (Wildman–Crippen LogP) is 2.01. The van der Waals surface area contributed by atoms with E-state index in [-0.39, 0.29) is 43.3 Å². The largest absolute Gasteiger partial charge is 0.354 e. The number of halogens is 2. The number of hydrogen-bond donors (Lipinski definition) is 3. The molecule has 0 radical (unpaired) electrons. The highest BCUT2D eigenvalue weighted by Crippen LogP contribution is 2.26. The first-order chi connectivity index (χ1) is 14.5. The van der Waals surface area contributed by atoms with Crippen LogP contribution in [0, 0.1) is 5.92 Å². The maximum atomic E-state index is 12.7. The molecule has 1 aliphatic carbocycles. The van der Waals surface area contributed by atoms with Crippen molar-refractivity contribution in [1.82, 2.24) is 15.5 Å². The Balaban J connectivity index is 0. The van der Waals surface area contributed by atoms with Gasteiger partial charge in [-0.05, 0) is 31.6 Å². The molecular formula is C22H42Cl2N4O4. The standard InChI is InChI=1S/C22H40N4O4.2ClH/c1-3-5-12-24-21(29)19(15-27)26(14-18(23)17-10-8-7-9-11-17)20(16-28)22(30)25-13-6-4-2;;/h15-20H,3-14,23H2,1-2H3,(H,24,29)(H,25,30);2*1H. The SMILES string of the molecule is CCCCNC(=O)C(C=O)N(CC(N)C1CCCCC1)C(C=O)C(=O)NCCCC.Cl.Cl. The molecule has 1 saturated carbocycles. The molecule has 10 heteroatoms. The van der Waals surface area contributed by atoms with Crippen LogP contribution in [0.25, 0.3) is 0 Å². The number of carbonyl (C=O) groups is 4. The van der Waals surface area contributed by atoms with Gasteiger partial charge in [-0.15, -0.1) is 24.8 Å². The molecule has 0 aromatic heterocycles. The lowest BCUT2D eigenvalue weighted by atomic mass is 9.84. The summed E-state index contributed by atoms with van der Waals surface area (Å²) >= 11 is 0. The molecular weight excluding hydrogens is 455 g/mol. The van der Waals surface area contributed by atoms with Crippen molar-refractivity contribution in [2.24, 2.45) is 11.7 Å². The molecule has 1 fully saturated rings. The minimum atomic E-state index is -1.23. The van der Waals surface area contributed by atoms with Gasteiger partial charge in [-0.25, -0.2) is 0 Å². The summed E-state index contributed by atoms with van der Waals surface area (Å²) in [5.41, 5.74) is 6.44. The fraction of sp³-hybridized carbons (Fsp3) is 0.818. The minimum Gasteiger partial charge on any atom is -0.354 e. The van der Waals surface area contributed by atoms with E-state index in [4.69, 9.17) is 5.73 Å². The summed E-state index contributed by atoms with van der Waals surface area (Å²) in [7, 11) is 0. The fourth-order valence-electron chi connectivity index (χ4n) is 3.92. The van der Waals surface area contributed by atoms with Crippen LogP contribution in [-0.2, 0) is 19.2 Å². The molecule has 3 unspecified atom stereocenters. The van der Waals surface area contributed by atoms with Crippen LogP contribution in [-0.4, -0.2) is 67.0 Å². The molecule has 0 bridgehead atoms. The molecule has 1 aliphatic rings. The van der Waals surface area contributed by atoms with E-state index < -0.39 is 23.9 Å². The second kappa shape index (κ2) is 19.3. The van der Waals surface area contributed by atoms with Crippen molar-refractivity contribution in [3.63, 3.8) is 0 Å². The van der Waals surface area contributed by atoms with E-state index >= 15 is 0 Å². The van der Waals surface area contributed by atoms with Gasteiger partial charge in [0.2, 0.25) is 11.8 Å². The zero-order valence-electron chi connectivity index (χ0n) is 19.4. The van der Waals surface area contributed by atoms with Gasteiger partial charge in [0, 0.05) is 25.7 Å². The van der Waals surface area contributed by atoms with Crippen LogP contribution in [0.3, 0.4) is 0 Å². The smallest absolute Gasteiger partial charge is 0.244 e. The third-order valence-electron chi connectivity index (χ3n) is 5.85. The van der Waals surface area contributed by atoms with Crippen LogP contribution in [0.4, 0.5) is 0 Å². The topological polar surface area (TPSA) is 122 Å². The lowest BCUT2D eigenvalue weighted by molar-refractivity contribution is -0.138. The number of hydrogen-bond acceptors (Lipinski definition) is 6.